The van der Waals surface area contributed by atoms with Crippen LogP contribution in [0.15, 0.2) is 112 Å². The SMILES string of the molecule is Cc1ccc(-c2cc(COC(=O)COc3cc(O)c4c(=O)cc(-c5ccccc5)oc4c3)nn2-c2ccc(C)cc2)cc1. The van der Waals surface area contributed by atoms with Crippen LogP contribution < -0.4 is 10.2 Å². The van der Waals surface area contributed by atoms with Crippen molar-refractivity contribution in [3.8, 4) is 39.8 Å². The number of benzene rings is 4. The van der Waals surface area contributed by atoms with Crippen molar-refractivity contribution in [1.82, 2.24) is 9.78 Å². The van der Waals surface area contributed by atoms with Gasteiger partial charge in [-0.3, -0.25) is 4.79 Å². The fourth-order valence-corrected chi connectivity index (χ4v) is 4.72. The third kappa shape index (κ3) is 6.04. The lowest BCUT2D eigenvalue weighted by molar-refractivity contribution is -0.147. The van der Waals surface area contributed by atoms with E-state index in [9.17, 15) is 14.7 Å². The monoisotopic (exact) mass is 572 g/mol. The molecule has 214 valence electrons. The van der Waals surface area contributed by atoms with Gasteiger partial charge < -0.3 is 19.0 Å². The highest BCUT2D eigenvalue weighted by Gasteiger charge is 2.16. The molecule has 8 nitrogen and oxygen atoms in total. The van der Waals surface area contributed by atoms with E-state index < -0.39 is 18.0 Å². The number of hydrogen-bond donors (Lipinski definition) is 1. The quantitative estimate of drug-likeness (QED) is 0.201. The Labute approximate surface area is 247 Å². The Balaban J connectivity index is 1.17. The molecule has 6 aromatic rings. The summed E-state index contributed by atoms with van der Waals surface area (Å²) in [4.78, 5) is 25.3. The van der Waals surface area contributed by atoms with Gasteiger partial charge in [0.25, 0.3) is 0 Å². The minimum absolute atomic E-state index is 0.0307. The smallest absolute Gasteiger partial charge is 0.344 e. The Bertz CT molecular complexity index is 1910. The lowest BCUT2D eigenvalue weighted by atomic mass is 10.1. The highest BCUT2D eigenvalue weighted by atomic mass is 16.6. The highest BCUT2D eigenvalue weighted by molar-refractivity contribution is 5.86. The zero-order valence-corrected chi connectivity index (χ0v) is 23.6. The summed E-state index contributed by atoms with van der Waals surface area (Å²) in [5.41, 5.74) is 6.07. The van der Waals surface area contributed by atoms with Gasteiger partial charge in [0.1, 0.15) is 40.5 Å². The zero-order valence-electron chi connectivity index (χ0n) is 23.6. The molecule has 0 atom stereocenters. The van der Waals surface area contributed by atoms with Gasteiger partial charge in [0.05, 0.1) is 11.4 Å². The lowest BCUT2D eigenvalue weighted by Gasteiger charge is -2.09. The third-order valence-corrected chi connectivity index (χ3v) is 6.97. The molecule has 0 spiro atoms. The van der Waals surface area contributed by atoms with Crippen LogP contribution in [0.3, 0.4) is 0 Å². The first kappa shape index (κ1) is 27.5. The van der Waals surface area contributed by atoms with E-state index >= 15 is 0 Å². The van der Waals surface area contributed by atoms with Gasteiger partial charge in [-0.2, -0.15) is 5.10 Å². The van der Waals surface area contributed by atoms with Crippen LogP contribution in [0.5, 0.6) is 11.5 Å². The molecule has 0 aliphatic carbocycles. The predicted octanol–water partition coefficient (Wildman–Crippen LogP) is 6.76. The molecule has 0 bridgehead atoms. The first-order chi connectivity index (χ1) is 20.8. The summed E-state index contributed by atoms with van der Waals surface area (Å²) >= 11 is 0. The van der Waals surface area contributed by atoms with Crippen LogP contribution in [-0.2, 0) is 16.1 Å². The van der Waals surface area contributed by atoms with Gasteiger partial charge in [-0.05, 0) is 32.0 Å². The lowest BCUT2D eigenvalue weighted by Crippen LogP contribution is -2.15. The molecular weight excluding hydrogens is 544 g/mol. The van der Waals surface area contributed by atoms with Crippen molar-refractivity contribution in [3.63, 3.8) is 0 Å². The number of aryl methyl sites for hydroxylation is 2. The molecule has 43 heavy (non-hydrogen) atoms. The largest absolute Gasteiger partial charge is 0.507 e. The molecule has 0 unspecified atom stereocenters. The van der Waals surface area contributed by atoms with Crippen LogP contribution >= 0.6 is 0 Å². The first-order valence-electron chi connectivity index (χ1n) is 13.7. The third-order valence-electron chi connectivity index (χ3n) is 6.97. The molecule has 0 saturated carbocycles. The Morgan fingerprint density at radius 3 is 2.28 bits per heavy atom. The van der Waals surface area contributed by atoms with Crippen LogP contribution in [0, 0.1) is 13.8 Å². The number of aromatic hydroxyl groups is 1. The minimum Gasteiger partial charge on any atom is -0.507 e. The average molecular weight is 573 g/mol. The summed E-state index contributed by atoms with van der Waals surface area (Å²) in [5.74, 6) is -0.426. The molecule has 2 aromatic heterocycles. The maximum atomic E-state index is 12.7. The average Bonchev–Trinajstić information content (AvgIpc) is 3.44. The van der Waals surface area contributed by atoms with E-state index in [4.69, 9.17) is 19.0 Å². The summed E-state index contributed by atoms with van der Waals surface area (Å²) in [6.07, 6.45) is 0. The van der Waals surface area contributed by atoms with Gasteiger partial charge in [-0.1, -0.05) is 77.9 Å². The van der Waals surface area contributed by atoms with Crippen molar-refractivity contribution in [1.29, 1.82) is 0 Å². The number of nitrogens with zero attached hydrogens (tertiary/aromatic N) is 2. The molecule has 0 fully saturated rings. The van der Waals surface area contributed by atoms with Crippen molar-refractivity contribution in [2.75, 3.05) is 6.61 Å². The van der Waals surface area contributed by atoms with Crippen LogP contribution in [0.25, 0.3) is 39.2 Å². The van der Waals surface area contributed by atoms with E-state index in [0.717, 1.165) is 28.1 Å². The van der Waals surface area contributed by atoms with Crippen molar-refractivity contribution in [2.45, 2.75) is 20.5 Å². The molecule has 0 aliphatic heterocycles. The molecule has 1 N–H and O–H groups in total. The predicted molar refractivity (Wildman–Crippen MR) is 163 cm³/mol. The van der Waals surface area contributed by atoms with Crippen LogP contribution in [0.1, 0.15) is 16.8 Å². The zero-order chi connectivity index (χ0) is 29.9. The number of phenolic OH excluding ortho intramolecular Hbond substituents is 1. The molecule has 4 aromatic carbocycles. The van der Waals surface area contributed by atoms with Gasteiger partial charge in [0, 0.05) is 29.3 Å². The molecule has 0 amide bonds. The molecule has 2 heterocycles. The second-order valence-electron chi connectivity index (χ2n) is 10.2. The Kier molecular flexibility index (Phi) is 7.49. The Hall–Kier alpha value is -5.63. The molecule has 0 radical (unpaired) electrons. The number of esters is 1. The van der Waals surface area contributed by atoms with Crippen LogP contribution in [0.4, 0.5) is 0 Å². The molecule has 0 saturated heterocycles. The van der Waals surface area contributed by atoms with Gasteiger partial charge in [0.2, 0.25) is 0 Å². The Morgan fingerprint density at radius 1 is 0.860 bits per heavy atom. The fraction of sp³-hybridized carbons (Fsp3) is 0.114. The van der Waals surface area contributed by atoms with E-state index in [1.807, 2.05) is 103 Å². The van der Waals surface area contributed by atoms with Gasteiger partial charge in [0.15, 0.2) is 12.0 Å². The number of rotatable bonds is 8. The highest BCUT2D eigenvalue weighted by Crippen LogP contribution is 2.31. The maximum absolute atomic E-state index is 12.7. The summed E-state index contributed by atoms with van der Waals surface area (Å²) in [5, 5.41) is 15.2. The second-order valence-corrected chi connectivity index (χ2v) is 10.2. The van der Waals surface area contributed by atoms with Crippen molar-refractivity contribution < 1.29 is 23.8 Å². The van der Waals surface area contributed by atoms with E-state index in [1.54, 1.807) is 0 Å². The number of carbonyl (C=O) groups excluding carboxylic acids is 1. The topological polar surface area (TPSA) is 104 Å². The molecular formula is C35H28N2O6. The normalized spacial score (nSPS) is 11.0. The fourth-order valence-electron chi connectivity index (χ4n) is 4.72. The van der Waals surface area contributed by atoms with Crippen molar-refractivity contribution in [2.24, 2.45) is 0 Å². The standard InChI is InChI=1S/C35H28N2O6/c1-22-8-12-24(13-9-22)29-16-26(36-37(29)27-14-10-23(2)11-15-27)20-42-34(40)21-41-28-17-30(38)35-31(39)19-32(43-33(35)18-28)25-6-4-3-5-7-25/h3-19,38H,20-21H2,1-2H3. The summed E-state index contributed by atoms with van der Waals surface area (Å²) in [7, 11) is 0. The van der Waals surface area contributed by atoms with E-state index in [1.165, 1.54) is 18.2 Å². The summed E-state index contributed by atoms with van der Waals surface area (Å²) < 4.78 is 18.8. The summed E-state index contributed by atoms with van der Waals surface area (Å²) in [6, 6.07) is 31.3. The summed E-state index contributed by atoms with van der Waals surface area (Å²) in [6.45, 7) is 3.58. The Morgan fingerprint density at radius 2 is 1.56 bits per heavy atom. The number of fused-ring (bicyclic) bond motifs is 1. The van der Waals surface area contributed by atoms with Crippen molar-refractivity contribution in [3.05, 3.63) is 130 Å². The van der Waals surface area contributed by atoms with Gasteiger partial charge in [-0.15, -0.1) is 0 Å². The molecule has 6 rings (SSSR count). The number of ether oxygens (including phenoxy) is 2. The molecule has 0 aliphatic rings. The number of hydrogen-bond acceptors (Lipinski definition) is 7. The van der Waals surface area contributed by atoms with Crippen LogP contribution in [0.2, 0.25) is 0 Å². The van der Waals surface area contributed by atoms with Gasteiger partial charge >= 0.3 is 5.97 Å². The molecule has 8 heteroatoms. The maximum Gasteiger partial charge on any atom is 0.344 e. The van der Waals surface area contributed by atoms with Crippen LogP contribution in [-0.4, -0.2) is 27.5 Å². The minimum atomic E-state index is -0.624. The van der Waals surface area contributed by atoms with E-state index in [-0.39, 0.29) is 29.1 Å². The number of phenols is 1. The van der Waals surface area contributed by atoms with Gasteiger partial charge in [-0.25, -0.2) is 9.48 Å². The van der Waals surface area contributed by atoms with Crippen molar-refractivity contribution >= 4 is 16.9 Å². The number of carbonyl (C=O) groups is 1. The second kappa shape index (κ2) is 11.7. The van der Waals surface area contributed by atoms with E-state index in [0.29, 0.717) is 17.0 Å². The van der Waals surface area contributed by atoms with E-state index in [2.05, 4.69) is 0 Å². The number of aromatic nitrogens is 2. The first-order valence-corrected chi connectivity index (χ1v) is 13.7.